The molecule has 3 N–H and O–H groups in total. The summed E-state index contributed by atoms with van der Waals surface area (Å²) in [6.45, 7) is 0.708. The summed E-state index contributed by atoms with van der Waals surface area (Å²) in [6, 6.07) is 8.28. The number of hydrogen-bond acceptors (Lipinski definition) is 2. The molecule has 15 heavy (non-hydrogen) atoms. The Morgan fingerprint density at radius 3 is 2.13 bits per heavy atom. The molecule has 0 bridgehead atoms. The number of nitrogens with two attached hydrogens (primary N) is 1. The first-order valence-corrected chi connectivity index (χ1v) is 5.73. The van der Waals surface area contributed by atoms with E-state index in [4.69, 9.17) is 5.73 Å². The maximum Gasteiger partial charge on any atom is 0.0901 e. The molecular weight excluding hydrogens is 186 g/mol. The monoisotopic (exact) mass is 203 g/mol. The van der Waals surface area contributed by atoms with Gasteiger partial charge >= 0.3 is 0 Å². The molecule has 80 valence electrons. The first kappa shape index (κ1) is 9.37. The Kier molecular flexibility index (Phi) is 1.77. The second-order valence-corrected chi connectivity index (χ2v) is 5.06. The van der Waals surface area contributed by atoms with E-state index in [1.165, 1.54) is 18.4 Å². The third kappa shape index (κ3) is 1.32. The molecule has 2 aliphatic carbocycles. The Bertz CT molecular complexity index is 391. The third-order valence-electron chi connectivity index (χ3n) is 3.97. The summed E-state index contributed by atoms with van der Waals surface area (Å²) >= 11 is 0. The number of hydrogen-bond donors (Lipinski definition) is 2. The minimum absolute atomic E-state index is 0.189. The Morgan fingerprint density at radius 1 is 1.07 bits per heavy atom. The van der Waals surface area contributed by atoms with Crippen LogP contribution >= 0.6 is 0 Å². The van der Waals surface area contributed by atoms with Crippen LogP contribution in [0.25, 0.3) is 0 Å². The fourth-order valence-corrected chi connectivity index (χ4v) is 2.47. The van der Waals surface area contributed by atoms with Crippen LogP contribution in [0, 0.1) is 0 Å². The average Bonchev–Trinajstić information content (AvgIpc) is 3.15. The van der Waals surface area contributed by atoms with E-state index in [-0.39, 0.29) is 5.41 Å². The van der Waals surface area contributed by atoms with Gasteiger partial charge in [-0.05, 0) is 36.8 Å². The Balaban J connectivity index is 2.07. The number of benzene rings is 1. The molecule has 0 heterocycles. The highest BCUT2D eigenvalue weighted by Gasteiger charge is 2.50. The van der Waals surface area contributed by atoms with Gasteiger partial charge in [0.05, 0.1) is 5.60 Å². The molecule has 2 fully saturated rings. The lowest BCUT2D eigenvalue weighted by molar-refractivity contribution is 0.149. The van der Waals surface area contributed by atoms with Crippen molar-refractivity contribution in [3.05, 3.63) is 35.4 Å². The summed E-state index contributed by atoms with van der Waals surface area (Å²) in [6.07, 6.45) is 4.17. The number of aliphatic hydroxyl groups is 1. The summed E-state index contributed by atoms with van der Waals surface area (Å²) < 4.78 is 0. The number of rotatable bonds is 3. The minimum Gasteiger partial charge on any atom is -0.385 e. The van der Waals surface area contributed by atoms with Crippen LogP contribution in [0.2, 0.25) is 0 Å². The molecule has 0 saturated heterocycles. The maximum atomic E-state index is 10.2. The van der Waals surface area contributed by atoms with Crippen molar-refractivity contribution in [2.75, 3.05) is 6.54 Å². The molecule has 0 aromatic heterocycles. The van der Waals surface area contributed by atoms with E-state index in [0.29, 0.717) is 6.54 Å². The summed E-state index contributed by atoms with van der Waals surface area (Å²) in [5.74, 6) is 0. The average molecular weight is 203 g/mol. The second kappa shape index (κ2) is 2.83. The van der Waals surface area contributed by atoms with Crippen LogP contribution in [0.15, 0.2) is 24.3 Å². The highest BCUT2D eigenvalue weighted by molar-refractivity contribution is 5.44. The second-order valence-electron chi connectivity index (χ2n) is 5.06. The van der Waals surface area contributed by atoms with Crippen LogP contribution in [0.5, 0.6) is 0 Å². The zero-order valence-electron chi connectivity index (χ0n) is 8.87. The van der Waals surface area contributed by atoms with E-state index >= 15 is 0 Å². The first-order valence-electron chi connectivity index (χ1n) is 5.73. The van der Waals surface area contributed by atoms with Crippen LogP contribution in [0.4, 0.5) is 0 Å². The summed E-state index contributed by atoms with van der Waals surface area (Å²) in [5, 5.41) is 10.2. The van der Waals surface area contributed by atoms with Crippen molar-refractivity contribution >= 4 is 0 Å². The molecule has 1 aromatic carbocycles. The van der Waals surface area contributed by atoms with Crippen LogP contribution in [0.3, 0.4) is 0 Å². The van der Waals surface area contributed by atoms with Gasteiger partial charge in [0, 0.05) is 12.0 Å². The van der Waals surface area contributed by atoms with Crippen LogP contribution in [-0.4, -0.2) is 11.7 Å². The molecule has 0 amide bonds. The predicted molar refractivity (Wildman–Crippen MR) is 59.5 cm³/mol. The lowest BCUT2D eigenvalue weighted by Gasteiger charge is -2.20. The molecule has 0 aliphatic heterocycles. The maximum absolute atomic E-state index is 10.2. The van der Waals surface area contributed by atoms with Crippen molar-refractivity contribution < 1.29 is 5.11 Å². The molecule has 2 aliphatic rings. The summed E-state index contributed by atoms with van der Waals surface area (Å²) in [5.41, 5.74) is 7.95. The lowest BCUT2D eigenvalue weighted by atomic mass is 9.88. The molecule has 0 spiro atoms. The van der Waals surface area contributed by atoms with Crippen molar-refractivity contribution in [3.63, 3.8) is 0 Å². The van der Waals surface area contributed by atoms with E-state index in [0.717, 1.165) is 18.4 Å². The van der Waals surface area contributed by atoms with Gasteiger partial charge < -0.3 is 10.8 Å². The SMILES string of the molecule is NCC1(c2ccccc2C2(O)CC2)CC1. The van der Waals surface area contributed by atoms with Gasteiger partial charge in [-0.3, -0.25) is 0 Å². The standard InChI is InChI=1S/C13H17NO/c14-9-12(5-6-12)10-3-1-2-4-11(10)13(15)7-8-13/h1-4,15H,5-9,14H2. The molecule has 3 rings (SSSR count). The third-order valence-corrected chi connectivity index (χ3v) is 3.97. The van der Waals surface area contributed by atoms with Gasteiger partial charge in [-0.25, -0.2) is 0 Å². The Morgan fingerprint density at radius 2 is 1.67 bits per heavy atom. The fraction of sp³-hybridized carbons (Fsp3) is 0.538. The van der Waals surface area contributed by atoms with Gasteiger partial charge in [0.1, 0.15) is 0 Å². The largest absolute Gasteiger partial charge is 0.385 e. The van der Waals surface area contributed by atoms with Gasteiger partial charge in [0.2, 0.25) is 0 Å². The zero-order chi connectivity index (χ0) is 10.5. The summed E-state index contributed by atoms with van der Waals surface area (Å²) in [4.78, 5) is 0. The van der Waals surface area contributed by atoms with Crippen LogP contribution in [-0.2, 0) is 11.0 Å². The molecule has 1 aromatic rings. The van der Waals surface area contributed by atoms with E-state index < -0.39 is 5.60 Å². The van der Waals surface area contributed by atoms with E-state index in [2.05, 4.69) is 18.2 Å². The highest BCUT2D eigenvalue weighted by atomic mass is 16.3. The minimum atomic E-state index is -0.526. The van der Waals surface area contributed by atoms with Gasteiger partial charge in [-0.2, -0.15) is 0 Å². The smallest absolute Gasteiger partial charge is 0.0901 e. The van der Waals surface area contributed by atoms with Crippen molar-refractivity contribution in [3.8, 4) is 0 Å². The predicted octanol–water partition coefficient (Wildman–Crippen LogP) is 1.66. The van der Waals surface area contributed by atoms with Gasteiger partial charge in [0.25, 0.3) is 0 Å². The van der Waals surface area contributed by atoms with E-state index in [9.17, 15) is 5.11 Å². The summed E-state index contributed by atoms with van der Waals surface area (Å²) in [7, 11) is 0. The highest BCUT2D eigenvalue weighted by Crippen LogP contribution is 2.54. The fourth-order valence-electron chi connectivity index (χ4n) is 2.47. The first-order chi connectivity index (χ1) is 7.20. The van der Waals surface area contributed by atoms with Gasteiger partial charge in [-0.15, -0.1) is 0 Å². The van der Waals surface area contributed by atoms with Crippen molar-refractivity contribution in [2.24, 2.45) is 5.73 Å². The van der Waals surface area contributed by atoms with E-state index in [1.807, 2.05) is 6.07 Å². The molecule has 2 saturated carbocycles. The lowest BCUT2D eigenvalue weighted by Crippen LogP contribution is -2.23. The van der Waals surface area contributed by atoms with Gasteiger partial charge in [-0.1, -0.05) is 24.3 Å². The normalized spacial score (nSPS) is 24.9. The quantitative estimate of drug-likeness (QED) is 0.784. The zero-order valence-corrected chi connectivity index (χ0v) is 8.87. The van der Waals surface area contributed by atoms with Gasteiger partial charge in [0.15, 0.2) is 0 Å². The van der Waals surface area contributed by atoms with Crippen molar-refractivity contribution in [2.45, 2.75) is 36.7 Å². The van der Waals surface area contributed by atoms with Crippen LogP contribution < -0.4 is 5.73 Å². The Hall–Kier alpha value is -0.860. The van der Waals surface area contributed by atoms with Crippen molar-refractivity contribution in [1.29, 1.82) is 0 Å². The molecular formula is C13H17NO. The molecule has 2 nitrogen and oxygen atoms in total. The topological polar surface area (TPSA) is 46.2 Å². The molecule has 0 unspecified atom stereocenters. The molecule has 0 atom stereocenters. The van der Waals surface area contributed by atoms with Crippen molar-refractivity contribution in [1.82, 2.24) is 0 Å². The molecule has 0 radical (unpaired) electrons. The van der Waals surface area contributed by atoms with E-state index in [1.54, 1.807) is 0 Å². The van der Waals surface area contributed by atoms with Crippen LogP contribution in [0.1, 0.15) is 36.8 Å². The molecule has 2 heteroatoms. The Labute approximate surface area is 90.1 Å².